The molecular weight excluding hydrogens is 366 g/mol. The molecule has 0 heterocycles. The Hall–Kier alpha value is -0.650. The maximum atomic E-state index is 13.4. The van der Waals surface area contributed by atoms with Crippen LogP contribution in [0.2, 0.25) is 10.0 Å². The van der Waals surface area contributed by atoms with Gasteiger partial charge in [0.15, 0.2) is 0 Å². The van der Waals surface area contributed by atoms with Crippen LogP contribution in [-0.2, 0) is 6.42 Å². The molecule has 0 aromatic heterocycles. The smallest absolute Gasteiger partial charge is 0.124 e. The largest absolute Gasteiger partial charge is 0.271 e. The van der Waals surface area contributed by atoms with Gasteiger partial charge in [-0.3, -0.25) is 11.3 Å². The molecule has 106 valence electrons. The van der Waals surface area contributed by atoms with E-state index in [1.165, 1.54) is 12.1 Å². The number of nitrogens with two attached hydrogens (primary N) is 1. The first-order valence-electron chi connectivity index (χ1n) is 5.85. The summed E-state index contributed by atoms with van der Waals surface area (Å²) in [5.41, 5.74) is 4.43. The summed E-state index contributed by atoms with van der Waals surface area (Å²) in [5.74, 6) is 5.29. The summed E-state index contributed by atoms with van der Waals surface area (Å²) >= 11 is 15.2. The van der Waals surface area contributed by atoms with Crippen LogP contribution in [0.25, 0.3) is 0 Å². The summed E-state index contributed by atoms with van der Waals surface area (Å²) in [5, 5.41) is 0.949. The van der Waals surface area contributed by atoms with Gasteiger partial charge < -0.3 is 0 Å². The van der Waals surface area contributed by atoms with E-state index in [9.17, 15) is 4.39 Å². The zero-order valence-electron chi connectivity index (χ0n) is 10.3. The van der Waals surface area contributed by atoms with Crippen molar-refractivity contribution in [3.05, 3.63) is 67.9 Å². The van der Waals surface area contributed by atoms with Gasteiger partial charge in [-0.05, 0) is 47.9 Å². The summed E-state index contributed by atoms with van der Waals surface area (Å²) < 4.78 is 14.1. The molecule has 2 rings (SSSR count). The first-order chi connectivity index (χ1) is 9.49. The minimum absolute atomic E-state index is 0.182. The SMILES string of the molecule is NNC(Cc1cc(F)cc(Br)c1)c1ccc(Cl)c(Cl)c1. The molecule has 0 radical (unpaired) electrons. The van der Waals surface area contributed by atoms with Gasteiger partial charge in [-0.25, -0.2) is 4.39 Å². The molecule has 0 aliphatic carbocycles. The average molecular weight is 378 g/mol. The summed E-state index contributed by atoms with van der Waals surface area (Å²) in [7, 11) is 0. The van der Waals surface area contributed by atoms with E-state index >= 15 is 0 Å². The molecule has 0 saturated heterocycles. The molecule has 6 heteroatoms. The third-order valence-electron chi connectivity index (χ3n) is 2.91. The van der Waals surface area contributed by atoms with Crippen molar-refractivity contribution >= 4 is 39.1 Å². The molecule has 0 aliphatic heterocycles. The molecule has 0 aliphatic rings. The molecule has 1 unspecified atom stereocenters. The number of hydrazine groups is 1. The number of halogens is 4. The minimum atomic E-state index is -0.292. The van der Waals surface area contributed by atoms with E-state index in [1.807, 2.05) is 12.1 Å². The maximum absolute atomic E-state index is 13.4. The van der Waals surface area contributed by atoms with Crippen molar-refractivity contribution < 1.29 is 4.39 Å². The van der Waals surface area contributed by atoms with Crippen molar-refractivity contribution in [3.8, 4) is 0 Å². The predicted octanol–water partition coefficient (Wildman–Crippen LogP) is 4.64. The van der Waals surface area contributed by atoms with Crippen LogP contribution in [0.3, 0.4) is 0 Å². The van der Waals surface area contributed by atoms with E-state index in [1.54, 1.807) is 12.1 Å². The van der Waals surface area contributed by atoms with Crippen LogP contribution in [-0.4, -0.2) is 0 Å². The first kappa shape index (κ1) is 15.7. The number of benzene rings is 2. The summed E-state index contributed by atoms with van der Waals surface area (Å²) in [4.78, 5) is 0. The van der Waals surface area contributed by atoms with E-state index in [4.69, 9.17) is 29.0 Å². The van der Waals surface area contributed by atoms with Crippen molar-refractivity contribution in [2.45, 2.75) is 12.5 Å². The molecule has 3 N–H and O–H groups in total. The number of rotatable bonds is 4. The van der Waals surface area contributed by atoms with Crippen LogP contribution in [0, 0.1) is 5.82 Å². The second-order valence-electron chi connectivity index (χ2n) is 4.37. The molecule has 20 heavy (non-hydrogen) atoms. The van der Waals surface area contributed by atoms with Gasteiger partial charge in [-0.1, -0.05) is 45.2 Å². The van der Waals surface area contributed by atoms with Crippen molar-refractivity contribution in [2.24, 2.45) is 5.84 Å². The zero-order valence-corrected chi connectivity index (χ0v) is 13.4. The van der Waals surface area contributed by atoms with E-state index in [0.29, 0.717) is 20.9 Å². The summed E-state index contributed by atoms with van der Waals surface area (Å²) in [6, 6.07) is 9.87. The third kappa shape index (κ3) is 3.93. The Kier molecular flexibility index (Phi) is 5.41. The quantitative estimate of drug-likeness (QED) is 0.601. The second-order valence-corrected chi connectivity index (χ2v) is 6.10. The average Bonchev–Trinajstić information content (AvgIpc) is 2.38. The lowest BCUT2D eigenvalue weighted by atomic mass is 9.99. The zero-order chi connectivity index (χ0) is 14.7. The van der Waals surface area contributed by atoms with Crippen LogP contribution in [0.1, 0.15) is 17.2 Å². The van der Waals surface area contributed by atoms with E-state index in [2.05, 4.69) is 21.4 Å². The Morgan fingerprint density at radius 3 is 2.50 bits per heavy atom. The van der Waals surface area contributed by atoms with Gasteiger partial charge in [0.1, 0.15) is 5.82 Å². The topological polar surface area (TPSA) is 38.0 Å². The maximum Gasteiger partial charge on any atom is 0.124 e. The molecule has 0 spiro atoms. The lowest BCUT2D eigenvalue weighted by molar-refractivity contribution is 0.548. The van der Waals surface area contributed by atoms with E-state index in [0.717, 1.165) is 11.1 Å². The molecule has 0 saturated carbocycles. The number of hydrogen-bond donors (Lipinski definition) is 2. The van der Waals surface area contributed by atoms with Crippen molar-refractivity contribution in [2.75, 3.05) is 0 Å². The van der Waals surface area contributed by atoms with Gasteiger partial charge in [0.05, 0.1) is 16.1 Å². The number of hydrogen-bond acceptors (Lipinski definition) is 2. The fourth-order valence-electron chi connectivity index (χ4n) is 1.97. The molecule has 0 fully saturated rings. The minimum Gasteiger partial charge on any atom is -0.271 e. The number of nitrogens with one attached hydrogen (secondary N) is 1. The van der Waals surface area contributed by atoms with E-state index in [-0.39, 0.29) is 11.9 Å². The molecule has 2 nitrogen and oxygen atoms in total. The van der Waals surface area contributed by atoms with E-state index < -0.39 is 0 Å². The lowest BCUT2D eigenvalue weighted by Crippen LogP contribution is -2.29. The highest BCUT2D eigenvalue weighted by Gasteiger charge is 2.13. The Bertz CT molecular complexity index is 602. The van der Waals surface area contributed by atoms with Gasteiger partial charge in [-0.15, -0.1) is 0 Å². The van der Waals surface area contributed by atoms with Crippen LogP contribution in [0.5, 0.6) is 0 Å². The summed E-state index contributed by atoms with van der Waals surface area (Å²) in [6.45, 7) is 0. The Labute approximate surface area is 135 Å². The third-order valence-corrected chi connectivity index (χ3v) is 4.11. The molecule has 1 atom stereocenters. The van der Waals surface area contributed by atoms with Crippen molar-refractivity contribution in [1.29, 1.82) is 0 Å². The fraction of sp³-hybridized carbons (Fsp3) is 0.143. The van der Waals surface area contributed by atoms with Gasteiger partial charge in [0, 0.05) is 4.47 Å². The highest BCUT2D eigenvalue weighted by molar-refractivity contribution is 9.10. The van der Waals surface area contributed by atoms with Crippen molar-refractivity contribution in [1.82, 2.24) is 5.43 Å². The van der Waals surface area contributed by atoms with Crippen LogP contribution in [0.15, 0.2) is 40.9 Å². The Morgan fingerprint density at radius 1 is 1.15 bits per heavy atom. The highest BCUT2D eigenvalue weighted by atomic mass is 79.9. The van der Waals surface area contributed by atoms with Gasteiger partial charge in [0.25, 0.3) is 0 Å². The second kappa shape index (κ2) is 6.87. The first-order valence-corrected chi connectivity index (χ1v) is 7.40. The lowest BCUT2D eigenvalue weighted by Gasteiger charge is -2.17. The summed E-state index contributed by atoms with van der Waals surface area (Å²) in [6.07, 6.45) is 0.533. The standard InChI is InChI=1S/C14H12BrCl2FN2/c15-10-3-8(4-11(18)7-10)5-14(20-19)9-1-2-12(16)13(17)6-9/h1-4,6-7,14,20H,5,19H2. The monoisotopic (exact) mass is 376 g/mol. The molecule has 2 aromatic rings. The van der Waals surface area contributed by atoms with Gasteiger partial charge >= 0.3 is 0 Å². The van der Waals surface area contributed by atoms with Crippen LogP contribution in [0.4, 0.5) is 4.39 Å². The Morgan fingerprint density at radius 2 is 1.90 bits per heavy atom. The van der Waals surface area contributed by atoms with Crippen molar-refractivity contribution in [3.63, 3.8) is 0 Å². The highest BCUT2D eigenvalue weighted by Crippen LogP contribution is 2.27. The molecule has 2 aromatic carbocycles. The molecular formula is C14H12BrCl2FN2. The predicted molar refractivity (Wildman–Crippen MR) is 84.3 cm³/mol. The van der Waals surface area contributed by atoms with Crippen LogP contribution < -0.4 is 11.3 Å². The normalized spacial score (nSPS) is 12.4. The van der Waals surface area contributed by atoms with Crippen LogP contribution >= 0.6 is 39.1 Å². The van der Waals surface area contributed by atoms with Gasteiger partial charge in [-0.2, -0.15) is 0 Å². The van der Waals surface area contributed by atoms with Gasteiger partial charge in [0.2, 0.25) is 0 Å². The fourth-order valence-corrected chi connectivity index (χ4v) is 2.79. The molecule has 0 bridgehead atoms. The molecule has 0 amide bonds. The Balaban J connectivity index is 2.26.